The molecule has 1 saturated carbocycles. The second-order valence-corrected chi connectivity index (χ2v) is 10.0. The molecular weight excluding hydrogens is 491 g/mol. The van der Waals surface area contributed by atoms with Crippen molar-refractivity contribution in [1.82, 2.24) is 4.57 Å². The smallest absolute Gasteiger partial charge is 0.265 e. The summed E-state index contributed by atoms with van der Waals surface area (Å²) >= 11 is 0. The Morgan fingerprint density at radius 2 is 1.68 bits per heavy atom. The largest absolute Gasteiger partial charge is 0.378 e. The Bertz CT molecular complexity index is 1470. The molecule has 5 nitrogen and oxygen atoms in total. The van der Waals surface area contributed by atoms with Gasteiger partial charge in [-0.1, -0.05) is 0 Å². The van der Waals surface area contributed by atoms with Crippen molar-refractivity contribution in [2.24, 2.45) is 24.8 Å². The van der Waals surface area contributed by atoms with Gasteiger partial charge >= 0.3 is 0 Å². The van der Waals surface area contributed by atoms with Gasteiger partial charge in [0.05, 0.1) is 11.5 Å². The summed E-state index contributed by atoms with van der Waals surface area (Å²) in [5.41, 5.74) is -1.16. The first-order valence-corrected chi connectivity index (χ1v) is 12.1. The van der Waals surface area contributed by atoms with E-state index in [1.807, 2.05) is 0 Å². The Balaban J connectivity index is 1.59. The number of hydrogen-bond donors (Lipinski definition) is 1. The summed E-state index contributed by atoms with van der Waals surface area (Å²) in [5, 5.41) is 11.8. The first-order chi connectivity index (χ1) is 17.6. The topological polar surface area (TPSA) is 61.1 Å². The fraction of sp³-hybridized carbons (Fsp3) is 0.407. The zero-order chi connectivity index (χ0) is 26.6. The molecule has 1 saturated heterocycles. The minimum absolute atomic E-state index is 0.0199. The Hall–Kier alpha value is -3.61. The number of aromatic nitrogens is 1. The number of benzene rings is 2. The maximum atomic E-state index is 16.3. The van der Waals surface area contributed by atoms with Crippen LogP contribution in [-0.4, -0.2) is 17.7 Å². The zero-order valence-electron chi connectivity index (χ0n) is 20.2. The molecule has 194 valence electrons. The van der Waals surface area contributed by atoms with Gasteiger partial charge in [0, 0.05) is 48.7 Å². The van der Waals surface area contributed by atoms with Gasteiger partial charge in [0.2, 0.25) is 0 Å². The van der Waals surface area contributed by atoms with Gasteiger partial charge in [-0.15, -0.1) is 0 Å². The number of hydrogen-bond acceptors (Lipinski definition) is 4. The molecule has 1 aliphatic heterocycles. The first-order valence-electron chi connectivity index (χ1n) is 12.1. The molecular formula is C27H25F5N4O. The van der Waals surface area contributed by atoms with Crippen molar-refractivity contribution in [2.75, 3.05) is 23.3 Å². The maximum absolute atomic E-state index is 16.3. The van der Waals surface area contributed by atoms with Crippen LogP contribution >= 0.6 is 0 Å². The average Bonchev–Trinajstić information content (AvgIpc) is 3.42. The molecule has 2 unspecified atom stereocenters. The molecule has 0 spiro atoms. The zero-order valence-corrected chi connectivity index (χ0v) is 20.2. The van der Waals surface area contributed by atoms with E-state index < -0.39 is 41.0 Å². The van der Waals surface area contributed by atoms with Crippen LogP contribution in [0.1, 0.15) is 43.4 Å². The number of nitrogens with zero attached hydrogens (tertiary/aromatic N) is 3. The van der Waals surface area contributed by atoms with E-state index in [0.29, 0.717) is 19.2 Å². The number of nitrogens with one attached hydrogen (secondary N) is 1. The summed E-state index contributed by atoms with van der Waals surface area (Å²) < 4.78 is 72.7. The summed E-state index contributed by atoms with van der Waals surface area (Å²) in [6.45, 7) is 2.53. The molecule has 2 heterocycles. The fourth-order valence-electron chi connectivity index (χ4n) is 6.00. The molecule has 3 atom stereocenters. The van der Waals surface area contributed by atoms with Crippen LogP contribution in [0.4, 0.5) is 33.5 Å². The third-order valence-corrected chi connectivity index (χ3v) is 7.72. The number of anilines is 2. The van der Waals surface area contributed by atoms with E-state index in [0.717, 1.165) is 37.1 Å². The van der Waals surface area contributed by atoms with Crippen LogP contribution in [0.5, 0.6) is 0 Å². The van der Waals surface area contributed by atoms with Crippen LogP contribution in [-0.2, 0) is 7.05 Å². The highest BCUT2D eigenvalue weighted by molar-refractivity contribution is 5.89. The molecule has 2 aromatic carbocycles. The number of fused-ring (bicyclic) bond motifs is 2. The van der Waals surface area contributed by atoms with Gasteiger partial charge in [0.15, 0.2) is 5.82 Å². The highest BCUT2D eigenvalue weighted by atomic mass is 19.3. The number of pyridine rings is 1. The van der Waals surface area contributed by atoms with Crippen LogP contribution in [0.3, 0.4) is 0 Å². The average molecular weight is 517 g/mol. The highest BCUT2D eigenvalue weighted by Gasteiger charge is 2.42. The standard InChI is InChI=1S/C27H25F5N4O/c1-13(34-22-4-3-17(28)7-20(22)25(31)32)19-8-18(29)9-21-23(19)24(30)26(35(2)27(21)37)36-11-15-5-14(10-33)6-16(15)12-36/h3-4,7-9,13-16,25,34H,5-6,11-12H2,1-2H3/t13-,14?,15?,16?/m1/s1. The predicted octanol–water partition coefficient (Wildman–Crippen LogP) is 6.05. The van der Waals surface area contributed by atoms with E-state index in [1.165, 1.54) is 18.5 Å². The van der Waals surface area contributed by atoms with E-state index in [9.17, 15) is 27.6 Å². The molecule has 1 aromatic heterocycles. The van der Waals surface area contributed by atoms with Crippen LogP contribution in [0.15, 0.2) is 35.1 Å². The molecule has 5 rings (SSSR count). The quantitative estimate of drug-likeness (QED) is 0.420. The van der Waals surface area contributed by atoms with E-state index >= 15 is 4.39 Å². The predicted molar refractivity (Wildman–Crippen MR) is 130 cm³/mol. The lowest BCUT2D eigenvalue weighted by Gasteiger charge is -2.26. The van der Waals surface area contributed by atoms with Crippen molar-refractivity contribution >= 4 is 22.3 Å². The fourth-order valence-corrected chi connectivity index (χ4v) is 6.00. The molecule has 10 heteroatoms. The molecule has 2 fully saturated rings. The van der Waals surface area contributed by atoms with Crippen LogP contribution < -0.4 is 15.8 Å². The molecule has 0 radical (unpaired) electrons. The second kappa shape index (κ2) is 9.36. The summed E-state index contributed by atoms with van der Waals surface area (Å²) in [4.78, 5) is 15.1. The van der Waals surface area contributed by atoms with Gasteiger partial charge in [-0.3, -0.25) is 9.36 Å². The van der Waals surface area contributed by atoms with Gasteiger partial charge in [-0.05, 0) is 67.5 Å². The summed E-state index contributed by atoms with van der Waals surface area (Å²) in [7, 11) is 1.44. The van der Waals surface area contributed by atoms with E-state index in [1.54, 1.807) is 4.90 Å². The van der Waals surface area contributed by atoms with Crippen LogP contribution in [0.2, 0.25) is 0 Å². The molecule has 0 amide bonds. The summed E-state index contributed by atoms with van der Waals surface area (Å²) in [5.74, 6) is -1.81. The molecule has 1 N–H and O–H groups in total. The van der Waals surface area contributed by atoms with Gasteiger partial charge in [0.1, 0.15) is 17.5 Å². The number of nitriles is 1. The third kappa shape index (κ3) is 4.30. The number of rotatable bonds is 5. The Kier molecular flexibility index (Phi) is 6.34. The van der Waals surface area contributed by atoms with Crippen molar-refractivity contribution in [3.8, 4) is 6.07 Å². The van der Waals surface area contributed by atoms with Gasteiger partial charge in [-0.25, -0.2) is 22.0 Å². The van der Waals surface area contributed by atoms with E-state index in [4.69, 9.17) is 0 Å². The van der Waals surface area contributed by atoms with Crippen LogP contribution in [0, 0.1) is 46.5 Å². The Labute approximate surface area is 210 Å². The van der Waals surface area contributed by atoms with Gasteiger partial charge < -0.3 is 10.2 Å². The normalized spacial score (nSPS) is 21.9. The lowest BCUT2D eigenvalue weighted by atomic mass is 9.98. The summed E-state index contributed by atoms with van der Waals surface area (Å²) in [6, 6.07) is 6.32. The van der Waals surface area contributed by atoms with Gasteiger partial charge in [-0.2, -0.15) is 5.26 Å². The molecule has 1 aliphatic carbocycles. The van der Waals surface area contributed by atoms with Crippen molar-refractivity contribution in [1.29, 1.82) is 5.26 Å². The van der Waals surface area contributed by atoms with Crippen molar-refractivity contribution in [2.45, 2.75) is 32.2 Å². The molecule has 0 bridgehead atoms. The molecule has 37 heavy (non-hydrogen) atoms. The number of alkyl halides is 2. The van der Waals surface area contributed by atoms with Gasteiger partial charge in [0.25, 0.3) is 12.0 Å². The van der Waals surface area contributed by atoms with E-state index in [-0.39, 0.29) is 45.6 Å². The Morgan fingerprint density at radius 1 is 1.03 bits per heavy atom. The first kappa shape index (κ1) is 25.1. The van der Waals surface area contributed by atoms with Crippen molar-refractivity contribution in [3.63, 3.8) is 0 Å². The maximum Gasteiger partial charge on any atom is 0.265 e. The lowest BCUT2D eigenvalue weighted by Crippen LogP contribution is -2.31. The highest BCUT2D eigenvalue weighted by Crippen LogP contribution is 2.44. The van der Waals surface area contributed by atoms with Crippen molar-refractivity contribution in [3.05, 3.63) is 69.3 Å². The molecule has 2 aliphatic rings. The minimum atomic E-state index is -2.97. The molecule has 3 aromatic rings. The van der Waals surface area contributed by atoms with E-state index in [2.05, 4.69) is 11.4 Å². The van der Waals surface area contributed by atoms with Crippen molar-refractivity contribution < 1.29 is 22.0 Å². The van der Waals surface area contributed by atoms with Crippen LogP contribution in [0.25, 0.3) is 10.8 Å². The Morgan fingerprint density at radius 3 is 2.30 bits per heavy atom. The number of halogens is 5. The SMILES string of the molecule is C[C@@H](Nc1ccc(F)cc1C(F)F)c1cc(F)cc2c(=O)n(C)c(N3CC4CC(C#N)CC4C3)c(F)c12. The summed E-state index contributed by atoms with van der Waals surface area (Å²) in [6.07, 6.45) is -1.52. The third-order valence-electron chi connectivity index (χ3n) is 7.72. The lowest BCUT2D eigenvalue weighted by molar-refractivity contribution is 0.151. The second-order valence-electron chi connectivity index (χ2n) is 10.0. The minimum Gasteiger partial charge on any atom is -0.378 e. The monoisotopic (exact) mass is 516 g/mol.